The molecule has 1 aliphatic rings. The lowest BCUT2D eigenvalue weighted by atomic mass is 10.0. The van der Waals surface area contributed by atoms with E-state index in [9.17, 15) is 9.59 Å². The predicted octanol–water partition coefficient (Wildman–Crippen LogP) is 2.95. The second-order valence-electron chi connectivity index (χ2n) is 7.32. The van der Waals surface area contributed by atoms with Crippen LogP contribution in [-0.4, -0.2) is 47.8 Å². The minimum absolute atomic E-state index is 0.167. The van der Waals surface area contributed by atoms with Crippen molar-refractivity contribution in [3.8, 4) is 0 Å². The Kier molecular flexibility index (Phi) is 6.41. The third-order valence-electron chi connectivity index (χ3n) is 4.62. The van der Waals surface area contributed by atoms with Crippen molar-refractivity contribution in [1.29, 1.82) is 0 Å². The van der Waals surface area contributed by atoms with Crippen LogP contribution in [0.5, 0.6) is 0 Å². The molecule has 1 aromatic carbocycles. The summed E-state index contributed by atoms with van der Waals surface area (Å²) in [7, 11) is 0. The SMILES string of the molecule is Cc1ccc(CC(=O)N2CCCN(C(=O)CC(C)C)CC2)c(C)c1. The number of carbonyl (C=O) groups is 2. The molecule has 0 unspecified atom stereocenters. The van der Waals surface area contributed by atoms with Gasteiger partial charge < -0.3 is 9.80 Å². The number of benzene rings is 1. The summed E-state index contributed by atoms with van der Waals surface area (Å²) in [6.07, 6.45) is 1.91. The largest absolute Gasteiger partial charge is 0.341 e. The van der Waals surface area contributed by atoms with Crippen molar-refractivity contribution in [2.45, 2.75) is 47.0 Å². The third-order valence-corrected chi connectivity index (χ3v) is 4.62. The summed E-state index contributed by atoms with van der Waals surface area (Å²) in [5.41, 5.74) is 3.49. The first-order valence-corrected chi connectivity index (χ1v) is 8.98. The highest BCUT2D eigenvalue weighted by molar-refractivity contribution is 5.80. The van der Waals surface area contributed by atoms with Gasteiger partial charge in [0.25, 0.3) is 0 Å². The number of amides is 2. The zero-order valence-corrected chi connectivity index (χ0v) is 15.5. The average Bonchev–Trinajstić information content (AvgIpc) is 2.75. The molecule has 4 nitrogen and oxygen atoms in total. The van der Waals surface area contributed by atoms with Gasteiger partial charge in [0.1, 0.15) is 0 Å². The monoisotopic (exact) mass is 330 g/mol. The Morgan fingerprint density at radius 3 is 2.21 bits per heavy atom. The molecule has 1 saturated heterocycles. The van der Waals surface area contributed by atoms with E-state index in [0.717, 1.165) is 25.1 Å². The molecule has 1 aromatic rings. The maximum Gasteiger partial charge on any atom is 0.227 e. The molecule has 0 bridgehead atoms. The molecule has 0 saturated carbocycles. The van der Waals surface area contributed by atoms with Gasteiger partial charge >= 0.3 is 0 Å². The van der Waals surface area contributed by atoms with Crippen LogP contribution in [0.2, 0.25) is 0 Å². The molecule has 0 aromatic heterocycles. The van der Waals surface area contributed by atoms with Crippen LogP contribution >= 0.6 is 0 Å². The smallest absolute Gasteiger partial charge is 0.227 e. The normalized spacial score (nSPS) is 15.5. The molecule has 1 aliphatic heterocycles. The van der Waals surface area contributed by atoms with E-state index in [-0.39, 0.29) is 11.8 Å². The summed E-state index contributed by atoms with van der Waals surface area (Å²) in [6.45, 7) is 11.1. The van der Waals surface area contributed by atoms with Gasteiger partial charge in [0, 0.05) is 32.6 Å². The number of rotatable bonds is 4. The van der Waals surface area contributed by atoms with Gasteiger partial charge in [-0.25, -0.2) is 0 Å². The Morgan fingerprint density at radius 2 is 1.62 bits per heavy atom. The molecule has 4 heteroatoms. The number of hydrogen-bond donors (Lipinski definition) is 0. The first-order valence-electron chi connectivity index (χ1n) is 8.98. The highest BCUT2D eigenvalue weighted by atomic mass is 16.2. The standard InChI is InChI=1S/C20H30N2O2/c1-15(2)12-19(23)21-8-5-9-22(11-10-21)20(24)14-18-7-6-16(3)13-17(18)4/h6-7,13,15H,5,8-12,14H2,1-4H3. The fourth-order valence-electron chi connectivity index (χ4n) is 3.21. The van der Waals surface area contributed by atoms with Gasteiger partial charge in [-0.3, -0.25) is 9.59 Å². The van der Waals surface area contributed by atoms with Gasteiger partial charge in [0.2, 0.25) is 11.8 Å². The van der Waals surface area contributed by atoms with Crippen molar-refractivity contribution >= 4 is 11.8 Å². The van der Waals surface area contributed by atoms with E-state index < -0.39 is 0 Å². The van der Waals surface area contributed by atoms with Crippen LogP contribution in [0.1, 0.15) is 43.4 Å². The van der Waals surface area contributed by atoms with Gasteiger partial charge in [0.05, 0.1) is 6.42 Å². The Morgan fingerprint density at radius 1 is 1.00 bits per heavy atom. The van der Waals surface area contributed by atoms with Gasteiger partial charge in [-0.2, -0.15) is 0 Å². The third kappa shape index (κ3) is 5.08. The fourth-order valence-corrected chi connectivity index (χ4v) is 3.21. The van der Waals surface area contributed by atoms with Crippen LogP contribution in [0.3, 0.4) is 0 Å². The number of carbonyl (C=O) groups excluding carboxylic acids is 2. The molecular formula is C20H30N2O2. The second-order valence-corrected chi connectivity index (χ2v) is 7.32. The summed E-state index contributed by atoms with van der Waals surface area (Å²) in [6, 6.07) is 6.24. The Balaban J connectivity index is 1.93. The lowest BCUT2D eigenvalue weighted by molar-refractivity contribution is -0.133. The quantitative estimate of drug-likeness (QED) is 0.851. The van der Waals surface area contributed by atoms with E-state index in [2.05, 4.69) is 45.9 Å². The Bertz CT molecular complexity index is 595. The topological polar surface area (TPSA) is 40.6 Å². The lowest BCUT2D eigenvalue weighted by Crippen LogP contribution is -2.38. The molecule has 0 aliphatic carbocycles. The van der Waals surface area contributed by atoms with Crippen LogP contribution in [0.4, 0.5) is 0 Å². The molecule has 0 N–H and O–H groups in total. The van der Waals surface area contributed by atoms with Crippen molar-refractivity contribution < 1.29 is 9.59 Å². The van der Waals surface area contributed by atoms with E-state index in [0.29, 0.717) is 31.8 Å². The average molecular weight is 330 g/mol. The number of nitrogens with zero attached hydrogens (tertiary/aromatic N) is 2. The minimum atomic E-state index is 0.167. The van der Waals surface area contributed by atoms with Crippen LogP contribution < -0.4 is 0 Å². The van der Waals surface area contributed by atoms with Crippen molar-refractivity contribution in [1.82, 2.24) is 9.80 Å². The molecule has 0 atom stereocenters. The van der Waals surface area contributed by atoms with Gasteiger partial charge in [-0.1, -0.05) is 37.6 Å². The Labute approximate surface area is 145 Å². The first kappa shape index (κ1) is 18.5. The van der Waals surface area contributed by atoms with E-state index in [1.54, 1.807) is 0 Å². The highest BCUT2D eigenvalue weighted by Gasteiger charge is 2.22. The molecular weight excluding hydrogens is 300 g/mol. The maximum absolute atomic E-state index is 12.6. The molecule has 2 rings (SSSR count). The van der Waals surface area contributed by atoms with E-state index in [4.69, 9.17) is 0 Å². The molecule has 1 heterocycles. The van der Waals surface area contributed by atoms with Crippen LogP contribution in [-0.2, 0) is 16.0 Å². The van der Waals surface area contributed by atoms with E-state index in [1.807, 2.05) is 9.80 Å². The van der Waals surface area contributed by atoms with Crippen LogP contribution in [0.15, 0.2) is 18.2 Å². The van der Waals surface area contributed by atoms with Gasteiger partial charge in [-0.15, -0.1) is 0 Å². The summed E-state index contributed by atoms with van der Waals surface area (Å²) in [4.78, 5) is 28.7. The lowest BCUT2D eigenvalue weighted by Gasteiger charge is -2.23. The highest BCUT2D eigenvalue weighted by Crippen LogP contribution is 2.14. The van der Waals surface area contributed by atoms with Crippen molar-refractivity contribution in [3.05, 3.63) is 34.9 Å². The summed E-state index contributed by atoms with van der Waals surface area (Å²) in [5, 5.41) is 0. The summed E-state index contributed by atoms with van der Waals surface area (Å²) in [5.74, 6) is 0.761. The van der Waals surface area contributed by atoms with E-state index in [1.165, 1.54) is 11.1 Å². The minimum Gasteiger partial charge on any atom is -0.341 e. The zero-order chi connectivity index (χ0) is 17.7. The van der Waals surface area contributed by atoms with Crippen molar-refractivity contribution in [2.75, 3.05) is 26.2 Å². The molecule has 24 heavy (non-hydrogen) atoms. The van der Waals surface area contributed by atoms with Crippen molar-refractivity contribution in [2.24, 2.45) is 5.92 Å². The number of aryl methyl sites for hydroxylation is 2. The zero-order valence-electron chi connectivity index (χ0n) is 15.5. The summed E-state index contributed by atoms with van der Waals surface area (Å²) < 4.78 is 0. The van der Waals surface area contributed by atoms with Gasteiger partial charge in [0.15, 0.2) is 0 Å². The molecule has 0 spiro atoms. The number of hydrogen-bond acceptors (Lipinski definition) is 2. The predicted molar refractivity (Wildman–Crippen MR) is 96.9 cm³/mol. The van der Waals surface area contributed by atoms with E-state index >= 15 is 0 Å². The second kappa shape index (κ2) is 8.32. The van der Waals surface area contributed by atoms with Crippen LogP contribution in [0, 0.1) is 19.8 Å². The summed E-state index contributed by atoms with van der Waals surface area (Å²) >= 11 is 0. The molecule has 0 radical (unpaired) electrons. The first-order chi connectivity index (χ1) is 11.4. The fraction of sp³-hybridized carbons (Fsp3) is 0.600. The molecule has 2 amide bonds. The Hall–Kier alpha value is -1.84. The van der Waals surface area contributed by atoms with Crippen molar-refractivity contribution in [3.63, 3.8) is 0 Å². The molecule has 132 valence electrons. The maximum atomic E-state index is 12.6. The molecule has 1 fully saturated rings. The van der Waals surface area contributed by atoms with Gasteiger partial charge in [-0.05, 0) is 37.3 Å². The van der Waals surface area contributed by atoms with Crippen LogP contribution in [0.25, 0.3) is 0 Å².